The number of phenols is 1. The number of hydrogen-bond donors (Lipinski definition) is 1. The van der Waals surface area contributed by atoms with Gasteiger partial charge in [0.1, 0.15) is 11.6 Å². The van der Waals surface area contributed by atoms with Gasteiger partial charge in [0.15, 0.2) is 0 Å². The van der Waals surface area contributed by atoms with Crippen molar-refractivity contribution < 1.29 is 9.90 Å². The van der Waals surface area contributed by atoms with Gasteiger partial charge in [0, 0.05) is 12.1 Å². The first-order valence-corrected chi connectivity index (χ1v) is 7.22. The number of aromatic hydroxyl groups is 1. The van der Waals surface area contributed by atoms with Crippen LogP contribution < -0.4 is 0 Å². The van der Waals surface area contributed by atoms with Gasteiger partial charge in [-0.15, -0.1) is 0 Å². The average molecular weight is 280 g/mol. The number of amides is 1. The summed E-state index contributed by atoms with van der Waals surface area (Å²) < 4.78 is 0. The lowest BCUT2D eigenvalue weighted by molar-refractivity contribution is 0.0834. The second-order valence-electron chi connectivity index (χ2n) is 5.98. The van der Waals surface area contributed by atoms with E-state index in [1.807, 2.05) is 18.2 Å². The Morgan fingerprint density at radius 1 is 1.24 bits per heavy atom. The van der Waals surface area contributed by atoms with Gasteiger partial charge < -0.3 is 5.11 Å². The molecule has 0 bridgehead atoms. The van der Waals surface area contributed by atoms with Crippen molar-refractivity contribution >= 4 is 22.5 Å². The zero-order chi connectivity index (χ0) is 14.7. The van der Waals surface area contributed by atoms with Crippen LogP contribution in [0.4, 0.5) is 0 Å². The number of carbonyl (C=O) groups is 1. The molecule has 0 spiro atoms. The third-order valence-electron chi connectivity index (χ3n) is 4.58. The number of rotatable bonds is 0. The molecule has 4 heteroatoms. The van der Waals surface area contributed by atoms with Crippen molar-refractivity contribution in [1.29, 1.82) is 0 Å². The Bertz CT molecular complexity index is 810. The molecular weight excluding hydrogens is 264 g/mol. The van der Waals surface area contributed by atoms with Crippen LogP contribution in [0.25, 0.3) is 10.8 Å². The molecule has 1 amide bonds. The Hall–Kier alpha value is -2.36. The maximum atomic E-state index is 12.6. The highest BCUT2D eigenvalue weighted by Crippen LogP contribution is 2.35. The normalized spacial score (nSPS) is 24.0. The molecule has 106 valence electrons. The third kappa shape index (κ3) is 1.62. The summed E-state index contributed by atoms with van der Waals surface area (Å²) in [6.45, 7) is 4.90. The molecular formula is C17H16N2O2. The van der Waals surface area contributed by atoms with Crippen LogP contribution in [-0.2, 0) is 0 Å². The number of amidine groups is 1. The zero-order valence-electron chi connectivity index (χ0n) is 12.0. The van der Waals surface area contributed by atoms with Gasteiger partial charge in [-0.2, -0.15) is 0 Å². The van der Waals surface area contributed by atoms with Gasteiger partial charge in [-0.3, -0.25) is 14.7 Å². The summed E-state index contributed by atoms with van der Waals surface area (Å²) in [6, 6.07) is 9.24. The molecule has 0 unspecified atom stereocenters. The van der Waals surface area contributed by atoms with E-state index in [0.29, 0.717) is 18.0 Å². The molecule has 0 fully saturated rings. The second kappa shape index (κ2) is 4.07. The van der Waals surface area contributed by atoms with E-state index in [-0.39, 0.29) is 17.7 Å². The van der Waals surface area contributed by atoms with Gasteiger partial charge in [-0.25, -0.2) is 0 Å². The Labute approximate surface area is 122 Å². The fourth-order valence-corrected chi connectivity index (χ4v) is 3.17. The molecule has 2 atom stereocenters. The lowest BCUT2D eigenvalue weighted by Gasteiger charge is -2.30. The van der Waals surface area contributed by atoms with Crippen LogP contribution >= 0.6 is 0 Å². The minimum Gasteiger partial charge on any atom is -0.508 e. The van der Waals surface area contributed by atoms with Gasteiger partial charge in [0.2, 0.25) is 0 Å². The average Bonchev–Trinajstić information content (AvgIpc) is 2.73. The summed E-state index contributed by atoms with van der Waals surface area (Å²) in [5.41, 5.74) is 1.56. The summed E-state index contributed by atoms with van der Waals surface area (Å²) in [7, 11) is 0. The highest BCUT2D eigenvalue weighted by atomic mass is 16.3. The minimum absolute atomic E-state index is 0.0211. The molecule has 2 aliphatic heterocycles. The van der Waals surface area contributed by atoms with Crippen molar-refractivity contribution in [1.82, 2.24) is 4.90 Å². The molecule has 0 aromatic heterocycles. The minimum atomic E-state index is 0.0211. The lowest BCUT2D eigenvalue weighted by Crippen LogP contribution is -2.41. The molecule has 0 saturated carbocycles. The molecule has 4 rings (SSSR count). The van der Waals surface area contributed by atoms with E-state index < -0.39 is 0 Å². The third-order valence-corrected chi connectivity index (χ3v) is 4.58. The van der Waals surface area contributed by atoms with Gasteiger partial charge in [0.25, 0.3) is 5.91 Å². The van der Waals surface area contributed by atoms with Crippen LogP contribution in [-0.4, -0.2) is 34.3 Å². The number of phenolic OH excluding ortho intramolecular Hbond substituents is 1. The standard InChI is InChI=1S/C17H16N2O2/c1-9-8-19-16(18-10(9)2)15-13(17(19)21)6-4-11-3-5-12(20)7-14(11)15/h3-7,9-10,20H,8H2,1-2H3/t9-,10-/m1/s1. The Morgan fingerprint density at radius 2 is 2.00 bits per heavy atom. The molecule has 0 radical (unpaired) electrons. The van der Waals surface area contributed by atoms with Crippen molar-refractivity contribution in [2.45, 2.75) is 19.9 Å². The number of nitrogens with zero attached hydrogens (tertiary/aromatic N) is 2. The number of carbonyl (C=O) groups excluding carboxylic acids is 1. The predicted molar refractivity (Wildman–Crippen MR) is 81.8 cm³/mol. The highest BCUT2D eigenvalue weighted by molar-refractivity contribution is 6.28. The first-order valence-electron chi connectivity index (χ1n) is 7.22. The van der Waals surface area contributed by atoms with E-state index in [2.05, 4.69) is 13.8 Å². The van der Waals surface area contributed by atoms with Crippen molar-refractivity contribution in [3.05, 3.63) is 41.5 Å². The second-order valence-corrected chi connectivity index (χ2v) is 5.98. The monoisotopic (exact) mass is 280 g/mol. The van der Waals surface area contributed by atoms with Crippen LogP contribution in [0.15, 0.2) is 35.3 Å². The maximum absolute atomic E-state index is 12.6. The number of hydrogen-bond acceptors (Lipinski definition) is 3. The Balaban J connectivity index is 2.05. The molecule has 2 heterocycles. The van der Waals surface area contributed by atoms with Crippen LogP contribution in [0.2, 0.25) is 0 Å². The fraction of sp³-hybridized carbons (Fsp3) is 0.294. The van der Waals surface area contributed by atoms with Crippen LogP contribution in [0.1, 0.15) is 29.8 Å². The molecule has 1 N–H and O–H groups in total. The molecule has 4 nitrogen and oxygen atoms in total. The van der Waals surface area contributed by atoms with Gasteiger partial charge in [-0.05, 0) is 41.8 Å². The van der Waals surface area contributed by atoms with Gasteiger partial charge in [-0.1, -0.05) is 19.1 Å². The van der Waals surface area contributed by atoms with E-state index in [1.165, 1.54) is 0 Å². The first kappa shape index (κ1) is 12.4. The summed E-state index contributed by atoms with van der Waals surface area (Å²) >= 11 is 0. The Morgan fingerprint density at radius 3 is 2.81 bits per heavy atom. The zero-order valence-corrected chi connectivity index (χ0v) is 12.0. The molecule has 0 aliphatic carbocycles. The number of aliphatic imine (C=N–C) groups is 1. The number of fused-ring (bicyclic) bond motifs is 5. The Kier molecular flexibility index (Phi) is 2.40. The highest BCUT2D eigenvalue weighted by Gasteiger charge is 2.39. The van der Waals surface area contributed by atoms with Crippen LogP contribution in [0, 0.1) is 5.92 Å². The number of benzene rings is 2. The quantitative estimate of drug-likeness (QED) is 0.806. The van der Waals surface area contributed by atoms with Crippen LogP contribution in [0.3, 0.4) is 0 Å². The van der Waals surface area contributed by atoms with Gasteiger partial charge >= 0.3 is 0 Å². The summed E-state index contributed by atoms with van der Waals surface area (Å²) in [5, 5.41) is 11.7. The molecule has 2 aliphatic rings. The molecule has 0 saturated heterocycles. The van der Waals surface area contributed by atoms with Crippen molar-refractivity contribution in [3.63, 3.8) is 0 Å². The SMILES string of the molecule is C[C@@H]1CN2C(=O)c3ccc4ccc(O)cc4c3C2=N[C@@H]1C. The summed E-state index contributed by atoms with van der Waals surface area (Å²) in [6.07, 6.45) is 0. The lowest BCUT2D eigenvalue weighted by atomic mass is 9.98. The molecule has 21 heavy (non-hydrogen) atoms. The van der Waals surface area contributed by atoms with E-state index in [4.69, 9.17) is 4.99 Å². The smallest absolute Gasteiger partial charge is 0.260 e. The first-order chi connectivity index (χ1) is 10.1. The summed E-state index contributed by atoms with van der Waals surface area (Å²) in [4.78, 5) is 19.1. The van der Waals surface area contributed by atoms with E-state index >= 15 is 0 Å². The topological polar surface area (TPSA) is 52.9 Å². The van der Waals surface area contributed by atoms with Crippen molar-refractivity contribution in [2.75, 3.05) is 6.54 Å². The maximum Gasteiger partial charge on any atom is 0.260 e. The largest absolute Gasteiger partial charge is 0.508 e. The van der Waals surface area contributed by atoms with Crippen molar-refractivity contribution in [3.8, 4) is 5.75 Å². The van der Waals surface area contributed by atoms with E-state index in [0.717, 1.165) is 22.2 Å². The predicted octanol–water partition coefficient (Wildman–Crippen LogP) is 2.79. The molecule has 2 aromatic rings. The fourth-order valence-electron chi connectivity index (χ4n) is 3.17. The van der Waals surface area contributed by atoms with Crippen LogP contribution in [0.5, 0.6) is 5.75 Å². The van der Waals surface area contributed by atoms with Crippen molar-refractivity contribution in [2.24, 2.45) is 10.9 Å². The van der Waals surface area contributed by atoms with E-state index in [1.54, 1.807) is 17.0 Å². The van der Waals surface area contributed by atoms with Gasteiger partial charge in [0.05, 0.1) is 11.6 Å². The van der Waals surface area contributed by atoms with E-state index in [9.17, 15) is 9.90 Å². The summed E-state index contributed by atoms with van der Waals surface area (Å²) in [5.74, 6) is 1.34. The molecule has 2 aromatic carbocycles.